The molecular formula is C35H60O7. The Kier molecular flexibility index (Phi) is 16.5. The maximum atomic E-state index is 9.16. The molecule has 1 N–H and O–H groups in total. The minimum absolute atomic E-state index is 0.0351. The molecule has 8 atom stereocenters. The van der Waals surface area contributed by atoms with Crippen LogP contribution >= 0.6 is 0 Å². The molecule has 3 unspecified atom stereocenters. The van der Waals surface area contributed by atoms with Gasteiger partial charge in [-0.25, -0.2) is 0 Å². The molecule has 0 aromatic carbocycles. The normalized spacial score (nSPS) is 33.5. The SMILES string of the molecule is CCCCC[C@@H](C=C[C@@H]1[C@@H](CC=CCCCCO)[C@@H](OC2CCCCO2)C[C@H]1OC1CCCCO1)OC1CCCCO1. The Morgan fingerprint density at radius 1 is 0.762 bits per heavy atom. The highest BCUT2D eigenvalue weighted by Crippen LogP contribution is 2.42. The highest BCUT2D eigenvalue weighted by atomic mass is 16.7. The molecule has 7 nitrogen and oxygen atoms in total. The topological polar surface area (TPSA) is 75.6 Å². The van der Waals surface area contributed by atoms with Crippen molar-refractivity contribution in [3.8, 4) is 0 Å². The summed E-state index contributed by atoms with van der Waals surface area (Å²) in [4.78, 5) is 0. The van der Waals surface area contributed by atoms with E-state index in [2.05, 4.69) is 31.2 Å². The number of ether oxygens (including phenoxy) is 6. The smallest absolute Gasteiger partial charge is 0.158 e. The van der Waals surface area contributed by atoms with Gasteiger partial charge in [0.05, 0.1) is 18.3 Å². The van der Waals surface area contributed by atoms with E-state index in [0.717, 1.165) is 116 Å². The Morgan fingerprint density at radius 2 is 1.43 bits per heavy atom. The number of allylic oxidation sites excluding steroid dienone is 2. The van der Waals surface area contributed by atoms with Crippen LogP contribution in [0.5, 0.6) is 0 Å². The predicted octanol–water partition coefficient (Wildman–Crippen LogP) is 7.60. The van der Waals surface area contributed by atoms with Crippen molar-refractivity contribution in [2.45, 2.75) is 160 Å². The van der Waals surface area contributed by atoms with Crippen LogP contribution in [0.1, 0.15) is 122 Å². The monoisotopic (exact) mass is 592 g/mol. The van der Waals surface area contributed by atoms with E-state index >= 15 is 0 Å². The molecule has 4 rings (SSSR count). The lowest BCUT2D eigenvalue weighted by atomic mass is 9.89. The van der Waals surface area contributed by atoms with Gasteiger partial charge in [-0.2, -0.15) is 0 Å². The lowest BCUT2D eigenvalue weighted by Gasteiger charge is -2.30. The zero-order valence-corrected chi connectivity index (χ0v) is 26.4. The Labute approximate surface area is 255 Å². The number of rotatable bonds is 18. The summed E-state index contributed by atoms with van der Waals surface area (Å²) in [6.07, 6.45) is 28.1. The molecule has 0 bridgehead atoms. The number of unbranched alkanes of at least 4 members (excludes halogenated alkanes) is 4. The van der Waals surface area contributed by atoms with E-state index in [9.17, 15) is 0 Å². The predicted molar refractivity (Wildman–Crippen MR) is 165 cm³/mol. The second-order valence-corrected chi connectivity index (χ2v) is 12.7. The Balaban J connectivity index is 1.51. The first-order chi connectivity index (χ1) is 20.8. The van der Waals surface area contributed by atoms with E-state index in [1.54, 1.807) is 0 Å². The lowest BCUT2D eigenvalue weighted by Crippen LogP contribution is -2.31. The van der Waals surface area contributed by atoms with Crippen LogP contribution in [0.3, 0.4) is 0 Å². The maximum absolute atomic E-state index is 9.16. The molecule has 0 spiro atoms. The van der Waals surface area contributed by atoms with Crippen molar-refractivity contribution >= 4 is 0 Å². The van der Waals surface area contributed by atoms with E-state index in [4.69, 9.17) is 33.5 Å². The standard InChI is InChI=1S/C35H60O7/c1-2-3-7-16-28(40-33-18-9-13-24-37-33)21-22-30-29(17-8-5-4-6-12-23-36)31(41-34-19-10-14-25-38-34)27-32(30)42-35-20-11-15-26-39-35/h5,8,21-22,28-36H,2-4,6-7,9-20,23-27H2,1H3/t28-,29+,30+,31-,32+,33?,34?,35?/m0/s1. The molecule has 4 aliphatic rings. The fourth-order valence-electron chi connectivity index (χ4n) is 6.81. The summed E-state index contributed by atoms with van der Waals surface area (Å²) in [5.41, 5.74) is 0. The molecule has 3 aliphatic heterocycles. The van der Waals surface area contributed by atoms with Crippen molar-refractivity contribution in [2.24, 2.45) is 11.8 Å². The summed E-state index contributed by atoms with van der Waals surface area (Å²) in [5.74, 6) is 0.493. The molecular weight excluding hydrogens is 532 g/mol. The van der Waals surface area contributed by atoms with Crippen LogP contribution in [0, 0.1) is 11.8 Å². The van der Waals surface area contributed by atoms with Gasteiger partial charge in [0.1, 0.15) is 0 Å². The summed E-state index contributed by atoms with van der Waals surface area (Å²) in [5, 5.41) is 9.16. The molecule has 7 heteroatoms. The zero-order valence-electron chi connectivity index (χ0n) is 26.4. The highest BCUT2D eigenvalue weighted by Gasteiger charge is 2.45. The van der Waals surface area contributed by atoms with Crippen molar-refractivity contribution in [1.82, 2.24) is 0 Å². The summed E-state index contributed by atoms with van der Waals surface area (Å²) < 4.78 is 38.1. The number of hydrogen-bond acceptors (Lipinski definition) is 7. The van der Waals surface area contributed by atoms with Gasteiger partial charge in [0.25, 0.3) is 0 Å². The van der Waals surface area contributed by atoms with Crippen LogP contribution in [0.25, 0.3) is 0 Å². The van der Waals surface area contributed by atoms with Crippen LogP contribution in [-0.2, 0) is 28.4 Å². The highest BCUT2D eigenvalue weighted by molar-refractivity contribution is 5.07. The Morgan fingerprint density at radius 3 is 2.05 bits per heavy atom. The fourth-order valence-corrected chi connectivity index (χ4v) is 6.81. The lowest BCUT2D eigenvalue weighted by molar-refractivity contribution is -0.203. The van der Waals surface area contributed by atoms with Crippen molar-refractivity contribution in [1.29, 1.82) is 0 Å². The quantitative estimate of drug-likeness (QED) is 0.130. The fraction of sp³-hybridized carbons (Fsp3) is 0.886. The summed E-state index contributed by atoms with van der Waals surface area (Å²) >= 11 is 0. The molecule has 0 radical (unpaired) electrons. The zero-order chi connectivity index (χ0) is 29.2. The van der Waals surface area contributed by atoms with Gasteiger partial charge < -0.3 is 33.5 Å². The molecule has 3 saturated heterocycles. The Bertz CT molecular complexity index is 740. The van der Waals surface area contributed by atoms with E-state index in [0.29, 0.717) is 0 Å². The second kappa shape index (κ2) is 20.3. The Hall–Kier alpha value is -0.800. The van der Waals surface area contributed by atoms with Crippen LogP contribution < -0.4 is 0 Å². The molecule has 0 aromatic rings. The third kappa shape index (κ3) is 11.9. The number of aliphatic hydroxyl groups is 1. The van der Waals surface area contributed by atoms with Crippen LogP contribution in [0.4, 0.5) is 0 Å². The first kappa shape index (κ1) is 34.1. The third-order valence-electron chi connectivity index (χ3n) is 9.25. The number of hydrogen-bond donors (Lipinski definition) is 1. The minimum atomic E-state index is -0.133. The third-order valence-corrected chi connectivity index (χ3v) is 9.25. The van der Waals surface area contributed by atoms with E-state index in [-0.39, 0.29) is 55.6 Å². The van der Waals surface area contributed by atoms with Crippen molar-refractivity contribution in [2.75, 3.05) is 26.4 Å². The average molecular weight is 593 g/mol. The van der Waals surface area contributed by atoms with Crippen molar-refractivity contribution < 1.29 is 33.5 Å². The maximum Gasteiger partial charge on any atom is 0.158 e. The van der Waals surface area contributed by atoms with Gasteiger partial charge in [0.2, 0.25) is 0 Å². The van der Waals surface area contributed by atoms with Crippen LogP contribution in [0.15, 0.2) is 24.3 Å². The van der Waals surface area contributed by atoms with Gasteiger partial charge in [-0.3, -0.25) is 0 Å². The largest absolute Gasteiger partial charge is 0.396 e. The summed E-state index contributed by atoms with van der Waals surface area (Å²) in [7, 11) is 0. The molecule has 42 heavy (non-hydrogen) atoms. The van der Waals surface area contributed by atoms with E-state index in [1.807, 2.05) is 0 Å². The molecule has 3 heterocycles. The molecule has 1 aliphatic carbocycles. The van der Waals surface area contributed by atoms with E-state index in [1.165, 1.54) is 19.3 Å². The van der Waals surface area contributed by atoms with Gasteiger partial charge in [0.15, 0.2) is 18.9 Å². The van der Waals surface area contributed by atoms with Gasteiger partial charge in [-0.05, 0) is 95.8 Å². The molecule has 242 valence electrons. The summed E-state index contributed by atoms with van der Waals surface area (Å²) in [6.45, 7) is 4.87. The molecule has 0 aromatic heterocycles. The van der Waals surface area contributed by atoms with E-state index < -0.39 is 0 Å². The average Bonchev–Trinajstić information content (AvgIpc) is 3.33. The first-order valence-electron chi connectivity index (χ1n) is 17.5. The minimum Gasteiger partial charge on any atom is -0.396 e. The van der Waals surface area contributed by atoms with Crippen LogP contribution in [0.2, 0.25) is 0 Å². The van der Waals surface area contributed by atoms with Crippen LogP contribution in [-0.4, -0.2) is 68.7 Å². The molecule has 4 fully saturated rings. The number of aliphatic hydroxyl groups excluding tert-OH is 1. The molecule has 0 amide bonds. The first-order valence-corrected chi connectivity index (χ1v) is 17.5. The summed E-state index contributed by atoms with van der Waals surface area (Å²) in [6, 6.07) is 0. The van der Waals surface area contributed by atoms with Crippen molar-refractivity contribution in [3.63, 3.8) is 0 Å². The van der Waals surface area contributed by atoms with Gasteiger partial charge in [-0.1, -0.05) is 50.5 Å². The van der Waals surface area contributed by atoms with Gasteiger partial charge >= 0.3 is 0 Å². The van der Waals surface area contributed by atoms with Gasteiger partial charge in [0, 0.05) is 38.8 Å². The second-order valence-electron chi connectivity index (χ2n) is 12.7. The molecule has 1 saturated carbocycles. The van der Waals surface area contributed by atoms with Crippen molar-refractivity contribution in [3.05, 3.63) is 24.3 Å². The van der Waals surface area contributed by atoms with Gasteiger partial charge in [-0.15, -0.1) is 0 Å².